The lowest BCUT2D eigenvalue weighted by atomic mass is 10.1. The molecule has 1 aliphatic rings. The molecule has 166 valence electrons. The Balaban J connectivity index is 1.47. The molecule has 0 saturated carbocycles. The van der Waals surface area contributed by atoms with Gasteiger partial charge in [0, 0.05) is 39.4 Å². The van der Waals surface area contributed by atoms with Gasteiger partial charge in [0.1, 0.15) is 19.0 Å². The van der Waals surface area contributed by atoms with Gasteiger partial charge >= 0.3 is 0 Å². The maximum Gasteiger partial charge on any atom is 0.255 e. The SMILES string of the molecule is CCOc1cc(-c2cccc(Cl)c2)nc2ccc(C(=O)Nc3ccc4c(c3)OCCO4)cc12. The number of pyridine rings is 1. The first-order valence-electron chi connectivity index (χ1n) is 10.7. The maximum atomic E-state index is 13.0. The molecule has 33 heavy (non-hydrogen) atoms. The first-order chi connectivity index (χ1) is 16.1. The van der Waals surface area contributed by atoms with Crippen LogP contribution in [0.15, 0.2) is 66.7 Å². The second-order valence-electron chi connectivity index (χ2n) is 7.49. The van der Waals surface area contributed by atoms with Gasteiger partial charge in [0.25, 0.3) is 5.91 Å². The van der Waals surface area contributed by atoms with Gasteiger partial charge in [-0.25, -0.2) is 4.98 Å². The van der Waals surface area contributed by atoms with E-state index < -0.39 is 0 Å². The van der Waals surface area contributed by atoms with Gasteiger partial charge < -0.3 is 19.5 Å². The van der Waals surface area contributed by atoms with Crippen molar-refractivity contribution in [2.45, 2.75) is 6.92 Å². The monoisotopic (exact) mass is 460 g/mol. The van der Waals surface area contributed by atoms with Crippen molar-refractivity contribution in [1.82, 2.24) is 4.98 Å². The molecule has 4 aromatic rings. The Morgan fingerprint density at radius 3 is 2.70 bits per heavy atom. The van der Waals surface area contributed by atoms with E-state index in [9.17, 15) is 4.79 Å². The number of hydrogen-bond donors (Lipinski definition) is 1. The number of carbonyl (C=O) groups is 1. The zero-order valence-electron chi connectivity index (χ0n) is 17.9. The first-order valence-corrected chi connectivity index (χ1v) is 11.0. The van der Waals surface area contributed by atoms with Crippen LogP contribution in [0.2, 0.25) is 5.02 Å². The van der Waals surface area contributed by atoms with E-state index in [0.29, 0.717) is 53.3 Å². The lowest BCUT2D eigenvalue weighted by Gasteiger charge is -2.19. The van der Waals surface area contributed by atoms with Gasteiger partial charge in [-0.05, 0) is 49.4 Å². The molecule has 0 fully saturated rings. The zero-order valence-corrected chi connectivity index (χ0v) is 18.7. The number of nitrogens with zero attached hydrogens (tertiary/aromatic N) is 1. The second kappa shape index (κ2) is 9.00. The second-order valence-corrected chi connectivity index (χ2v) is 7.93. The van der Waals surface area contributed by atoms with Crippen LogP contribution in [0, 0.1) is 0 Å². The van der Waals surface area contributed by atoms with E-state index in [4.69, 9.17) is 30.8 Å². The Morgan fingerprint density at radius 1 is 1.03 bits per heavy atom. The first kappa shape index (κ1) is 21.1. The molecule has 0 aliphatic carbocycles. The summed E-state index contributed by atoms with van der Waals surface area (Å²) in [4.78, 5) is 17.7. The number of hydrogen-bond acceptors (Lipinski definition) is 5. The highest BCUT2D eigenvalue weighted by Crippen LogP contribution is 2.34. The molecule has 5 rings (SSSR count). The van der Waals surface area contributed by atoms with Gasteiger partial charge in [-0.2, -0.15) is 0 Å². The Bertz CT molecular complexity index is 1360. The smallest absolute Gasteiger partial charge is 0.255 e. The van der Waals surface area contributed by atoms with E-state index in [1.807, 2.05) is 43.3 Å². The van der Waals surface area contributed by atoms with Gasteiger partial charge in [-0.15, -0.1) is 0 Å². The normalized spacial score (nSPS) is 12.4. The summed E-state index contributed by atoms with van der Waals surface area (Å²) < 4.78 is 17.0. The molecule has 0 radical (unpaired) electrons. The van der Waals surface area contributed by atoms with E-state index in [1.54, 1.807) is 30.3 Å². The zero-order chi connectivity index (χ0) is 22.8. The average molecular weight is 461 g/mol. The van der Waals surface area contributed by atoms with Crippen LogP contribution < -0.4 is 19.5 Å². The molecule has 6 nitrogen and oxygen atoms in total. The highest BCUT2D eigenvalue weighted by molar-refractivity contribution is 6.30. The van der Waals surface area contributed by atoms with Crippen molar-refractivity contribution >= 4 is 34.1 Å². The molecule has 1 N–H and O–H groups in total. The summed E-state index contributed by atoms with van der Waals surface area (Å²) in [6.07, 6.45) is 0. The van der Waals surface area contributed by atoms with Crippen LogP contribution in [0.3, 0.4) is 0 Å². The number of carbonyl (C=O) groups excluding carboxylic acids is 1. The minimum absolute atomic E-state index is 0.241. The van der Waals surface area contributed by atoms with E-state index in [1.165, 1.54) is 0 Å². The molecule has 2 heterocycles. The van der Waals surface area contributed by atoms with Crippen molar-refractivity contribution in [3.8, 4) is 28.5 Å². The molecule has 0 unspecified atom stereocenters. The van der Waals surface area contributed by atoms with Crippen LogP contribution >= 0.6 is 11.6 Å². The van der Waals surface area contributed by atoms with Crippen LogP contribution in [0.4, 0.5) is 5.69 Å². The topological polar surface area (TPSA) is 69.7 Å². The van der Waals surface area contributed by atoms with Gasteiger partial charge in [0.2, 0.25) is 0 Å². The number of aromatic nitrogens is 1. The minimum Gasteiger partial charge on any atom is -0.493 e. The van der Waals surface area contributed by atoms with Crippen molar-refractivity contribution in [2.75, 3.05) is 25.1 Å². The highest BCUT2D eigenvalue weighted by Gasteiger charge is 2.15. The van der Waals surface area contributed by atoms with Crippen LogP contribution in [-0.4, -0.2) is 30.7 Å². The van der Waals surface area contributed by atoms with Crippen LogP contribution in [0.25, 0.3) is 22.2 Å². The third-order valence-electron chi connectivity index (χ3n) is 5.25. The predicted molar refractivity (Wildman–Crippen MR) is 129 cm³/mol. The molecule has 0 spiro atoms. The van der Waals surface area contributed by atoms with E-state index in [0.717, 1.165) is 22.2 Å². The predicted octanol–water partition coefficient (Wildman–Crippen LogP) is 5.98. The van der Waals surface area contributed by atoms with Gasteiger partial charge in [0.15, 0.2) is 11.5 Å². The number of anilines is 1. The summed E-state index contributed by atoms with van der Waals surface area (Å²) in [7, 11) is 0. The Morgan fingerprint density at radius 2 is 1.88 bits per heavy atom. The maximum absolute atomic E-state index is 13.0. The number of amides is 1. The highest BCUT2D eigenvalue weighted by atomic mass is 35.5. The van der Waals surface area contributed by atoms with Gasteiger partial charge in [-0.3, -0.25) is 4.79 Å². The molecule has 1 amide bonds. The van der Waals surface area contributed by atoms with Gasteiger partial charge in [-0.1, -0.05) is 23.7 Å². The summed E-state index contributed by atoms with van der Waals surface area (Å²) in [5, 5.41) is 4.32. The largest absolute Gasteiger partial charge is 0.493 e. The molecule has 0 atom stereocenters. The lowest BCUT2D eigenvalue weighted by molar-refractivity contribution is 0.102. The quantitative estimate of drug-likeness (QED) is 0.397. The Kier molecular flexibility index (Phi) is 5.75. The van der Waals surface area contributed by atoms with E-state index in [-0.39, 0.29) is 5.91 Å². The summed E-state index contributed by atoms with van der Waals surface area (Å²) in [6, 6.07) is 20.1. The molecule has 0 saturated heterocycles. The lowest BCUT2D eigenvalue weighted by Crippen LogP contribution is -2.16. The third kappa shape index (κ3) is 4.43. The fraction of sp³-hybridized carbons (Fsp3) is 0.154. The van der Waals surface area contributed by atoms with Crippen LogP contribution in [0.5, 0.6) is 17.2 Å². The minimum atomic E-state index is -0.241. The summed E-state index contributed by atoms with van der Waals surface area (Å²) >= 11 is 6.16. The van der Waals surface area contributed by atoms with E-state index in [2.05, 4.69) is 5.32 Å². The molecule has 1 aliphatic heterocycles. The molecular weight excluding hydrogens is 440 g/mol. The van der Waals surface area contributed by atoms with Gasteiger partial charge in [0.05, 0.1) is 17.8 Å². The summed E-state index contributed by atoms with van der Waals surface area (Å²) in [6.45, 7) is 3.41. The molecule has 7 heteroatoms. The molecule has 3 aromatic carbocycles. The van der Waals surface area contributed by atoms with Crippen molar-refractivity contribution < 1.29 is 19.0 Å². The number of halogens is 1. The Labute approximate surface area is 196 Å². The molecule has 1 aromatic heterocycles. The number of rotatable bonds is 5. The van der Waals surface area contributed by atoms with Crippen molar-refractivity contribution in [2.24, 2.45) is 0 Å². The van der Waals surface area contributed by atoms with Crippen LogP contribution in [-0.2, 0) is 0 Å². The summed E-state index contributed by atoms with van der Waals surface area (Å²) in [5.41, 5.74) is 3.50. The summed E-state index contributed by atoms with van der Waals surface area (Å²) in [5.74, 6) is 1.71. The van der Waals surface area contributed by atoms with Crippen molar-refractivity contribution in [3.63, 3.8) is 0 Å². The van der Waals surface area contributed by atoms with E-state index >= 15 is 0 Å². The number of fused-ring (bicyclic) bond motifs is 2. The number of benzene rings is 3. The number of nitrogens with one attached hydrogen (secondary N) is 1. The molecule has 0 bridgehead atoms. The van der Waals surface area contributed by atoms with Crippen molar-refractivity contribution in [3.05, 3.63) is 77.3 Å². The third-order valence-corrected chi connectivity index (χ3v) is 5.49. The number of ether oxygens (including phenoxy) is 3. The molecular formula is C26H21ClN2O4. The fourth-order valence-corrected chi connectivity index (χ4v) is 3.92. The van der Waals surface area contributed by atoms with Crippen molar-refractivity contribution in [1.29, 1.82) is 0 Å². The average Bonchev–Trinajstić information content (AvgIpc) is 2.84. The Hall–Kier alpha value is -3.77. The van der Waals surface area contributed by atoms with Crippen LogP contribution in [0.1, 0.15) is 17.3 Å². The standard InChI is InChI=1S/C26H21ClN2O4/c1-2-31-24-15-22(16-4-3-5-18(27)12-16)29-21-8-6-17(13-20(21)24)26(30)28-19-7-9-23-25(14-19)33-11-10-32-23/h3-9,12-15H,2,10-11H2,1H3,(H,28,30). The fourth-order valence-electron chi connectivity index (χ4n) is 3.73.